The molecule has 0 bridgehead atoms. The molecular formula is C9H20BrNS. The summed E-state index contributed by atoms with van der Waals surface area (Å²) in [5.41, 5.74) is 0.294. The van der Waals surface area contributed by atoms with Gasteiger partial charge in [-0.1, -0.05) is 15.9 Å². The molecule has 0 saturated heterocycles. The van der Waals surface area contributed by atoms with Crippen LogP contribution in [-0.2, 0) is 0 Å². The highest BCUT2D eigenvalue weighted by Gasteiger charge is 2.14. The van der Waals surface area contributed by atoms with E-state index in [0.29, 0.717) is 5.54 Å². The predicted octanol–water partition coefficient (Wildman–Crippen LogP) is 2.89. The van der Waals surface area contributed by atoms with Crippen LogP contribution in [-0.4, -0.2) is 29.4 Å². The molecule has 0 saturated carbocycles. The van der Waals surface area contributed by atoms with Crippen LogP contribution in [0.1, 0.15) is 26.7 Å². The van der Waals surface area contributed by atoms with Gasteiger partial charge in [-0.2, -0.15) is 11.8 Å². The molecule has 0 aliphatic heterocycles. The largest absolute Gasteiger partial charge is 0.312 e. The van der Waals surface area contributed by atoms with E-state index in [9.17, 15) is 0 Å². The quantitative estimate of drug-likeness (QED) is 0.554. The van der Waals surface area contributed by atoms with E-state index in [1.165, 1.54) is 18.6 Å². The van der Waals surface area contributed by atoms with Crippen LogP contribution in [0.3, 0.4) is 0 Å². The summed E-state index contributed by atoms with van der Waals surface area (Å²) in [6.07, 6.45) is 4.61. The first kappa shape index (κ1) is 12.8. The Morgan fingerprint density at radius 1 is 1.42 bits per heavy atom. The number of hydrogen-bond donors (Lipinski definition) is 1. The van der Waals surface area contributed by atoms with Crippen molar-refractivity contribution in [2.24, 2.45) is 0 Å². The Kier molecular flexibility index (Phi) is 7.69. The first-order valence-corrected chi connectivity index (χ1v) is 6.94. The van der Waals surface area contributed by atoms with Crippen molar-refractivity contribution < 1.29 is 0 Å². The zero-order chi connectivity index (χ0) is 9.45. The van der Waals surface area contributed by atoms with Crippen molar-refractivity contribution in [3.63, 3.8) is 0 Å². The SMILES string of the molecule is CSCCCNC(C)(C)CCBr. The standard InChI is InChI=1S/C9H20BrNS/c1-9(2,5-6-10)11-7-4-8-12-3/h11H,4-8H2,1-3H3. The van der Waals surface area contributed by atoms with Crippen LogP contribution in [0.15, 0.2) is 0 Å². The van der Waals surface area contributed by atoms with Crippen LogP contribution in [0.5, 0.6) is 0 Å². The van der Waals surface area contributed by atoms with Gasteiger partial charge in [-0.3, -0.25) is 0 Å². The van der Waals surface area contributed by atoms with Gasteiger partial charge in [0.2, 0.25) is 0 Å². The van der Waals surface area contributed by atoms with Gasteiger partial charge >= 0.3 is 0 Å². The van der Waals surface area contributed by atoms with Crippen LogP contribution >= 0.6 is 27.7 Å². The van der Waals surface area contributed by atoms with Crippen molar-refractivity contribution in [3.8, 4) is 0 Å². The third-order valence-corrected chi connectivity index (χ3v) is 2.94. The maximum atomic E-state index is 3.55. The van der Waals surface area contributed by atoms with Gasteiger partial charge in [0.15, 0.2) is 0 Å². The zero-order valence-corrected chi connectivity index (χ0v) is 10.7. The van der Waals surface area contributed by atoms with Crippen LogP contribution in [0, 0.1) is 0 Å². The molecule has 0 aliphatic rings. The van der Waals surface area contributed by atoms with E-state index < -0.39 is 0 Å². The minimum atomic E-state index is 0.294. The molecule has 74 valence electrons. The lowest BCUT2D eigenvalue weighted by atomic mass is 10.0. The lowest BCUT2D eigenvalue weighted by Gasteiger charge is -2.25. The van der Waals surface area contributed by atoms with Gasteiger partial charge in [-0.05, 0) is 45.2 Å². The van der Waals surface area contributed by atoms with Gasteiger partial charge in [-0.25, -0.2) is 0 Å². The number of thioether (sulfide) groups is 1. The van der Waals surface area contributed by atoms with E-state index >= 15 is 0 Å². The average Bonchev–Trinajstić information content (AvgIpc) is 1.98. The minimum absolute atomic E-state index is 0.294. The molecular weight excluding hydrogens is 234 g/mol. The Labute approximate surface area is 89.2 Å². The normalized spacial score (nSPS) is 12.0. The summed E-state index contributed by atoms with van der Waals surface area (Å²) < 4.78 is 0. The Morgan fingerprint density at radius 2 is 2.08 bits per heavy atom. The van der Waals surface area contributed by atoms with Crippen LogP contribution in [0.4, 0.5) is 0 Å². The molecule has 3 heteroatoms. The minimum Gasteiger partial charge on any atom is -0.312 e. The highest BCUT2D eigenvalue weighted by Crippen LogP contribution is 2.09. The average molecular weight is 254 g/mol. The number of alkyl halides is 1. The third-order valence-electron chi connectivity index (χ3n) is 1.85. The van der Waals surface area contributed by atoms with Gasteiger partial charge in [0.1, 0.15) is 0 Å². The van der Waals surface area contributed by atoms with E-state index in [1.54, 1.807) is 0 Å². The fraction of sp³-hybridized carbons (Fsp3) is 1.00. The molecule has 0 fully saturated rings. The van der Waals surface area contributed by atoms with E-state index in [4.69, 9.17) is 0 Å². The summed E-state index contributed by atoms with van der Waals surface area (Å²) in [5.74, 6) is 1.26. The number of hydrogen-bond acceptors (Lipinski definition) is 2. The van der Waals surface area contributed by atoms with Crippen molar-refractivity contribution in [2.45, 2.75) is 32.2 Å². The molecule has 12 heavy (non-hydrogen) atoms. The maximum Gasteiger partial charge on any atom is 0.0133 e. The molecule has 0 rings (SSSR count). The smallest absolute Gasteiger partial charge is 0.0133 e. The van der Waals surface area contributed by atoms with E-state index in [-0.39, 0.29) is 0 Å². The Balaban J connectivity index is 3.33. The summed E-state index contributed by atoms with van der Waals surface area (Å²) in [4.78, 5) is 0. The molecule has 0 amide bonds. The molecule has 0 unspecified atom stereocenters. The van der Waals surface area contributed by atoms with E-state index in [1.807, 2.05) is 11.8 Å². The summed E-state index contributed by atoms with van der Waals surface area (Å²) >= 11 is 5.38. The highest BCUT2D eigenvalue weighted by atomic mass is 79.9. The topological polar surface area (TPSA) is 12.0 Å². The van der Waals surface area contributed by atoms with Gasteiger partial charge in [0, 0.05) is 10.9 Å². The number of nitrogens with one attached hydrogen (secondary N) is 1. The second-order valence-electron chi connectivity index (χ2n) is 3.60. The van der Waals surface area contributed by atoms with Crippen molar-refractivity contribution in [1.82, 2.24) is 5.32 Å². The van der Waals surface area contributed by atoms with Crippen molar-refractivity contribution in [1.29, 1.82) is 0 Å². The van der Waals surface area contributed by atoms with E-state index in [0.717, 1.165) is 11.9 Å². The molecule has 0 atom stereocenters. The number of rotatable bonds is 7. The van der Waals surface area contributed by atoms with Crippen molar-refractivity contribution in [2.75, 3.05) is 23.9 Å². The van der Waals surface area contributed by atoms with Crippen LogP contribution < -0.4 is 5.32 Å². The monoisotopic (exact) mass is 253 g/mol. The lowest BCUT2D eigenvalue weighted by molar-refractivity contribution is 0.382. The van der Waals surface area contributed by atoms with Gasteiger partial charge in [0.25, 0.3) is 0 Å². The molecule has 0 heterocycles. The van der Waals surface area contributed by atoms with Gasteiger partial charge < -0.3 is 5.32 Å². The molecule has 0 spiro atoms. The molecule has 1 N–H and O–H groups in total. The Bertz CT molecular complexity index is 107. The number of halogens is 1. The van der Waals surface area contributed by atoms with Gasteiger partial charge in [0.05, 0.1) is 0 Å². The van der Waals surface area contributed by atoms with Crippen molar-refractivity contribution in [3.05, 3.63) is 0 Å². The lowest BCUT2D eigenvalue weighted by Crippen LogP contribution is -2.40. The molecule has 0 aromatic carbocycles. The Hall–Kier alpha value is 0.790. The zero-order valence-electron chi connectivity index (χ0n) is 8.32. The van der Waals surface area contributed by atoms with Gasteiger partial charge in [-0.15, -0.1) is 0 Å². The fourth-order valence-electron chi connectivity index (χ4n) is 0.968. The Morgan fingerprint density at radius 3 is 2.58 bits per heavy atom. The summed E-state index contributed by atoms with van der Waals surface area (Å²) in [6, 6.07) is 0. The first-order chi connectivity index (χ1) is 5.62. The summed E-state index contributed by atoms with van der Waals surface area (Å²) in [6.45, 7) is 5.65. The summed E-state index contributed by atoms with van der Waals surface area (Å²) in [5, 5.41) is 4.63. The van der Waals surface area contributed by atoms with Crippen molar-refractivity contribution >= 4 is 27.7 Å². The van der Waals surface area contributed by atoms with Crippen LogP contribution in [0.2, 0.25) is 0 Å². The maximum absolute atomic E-state index is 3.55. The molecule has 0 radical (unpaired) electrons. The molecule has 1 nitrogen and oxygen atoms in total. The predicted molar refractivity (Wildman–Crippen MR) is 63.5 cm³/mol. The van der Waals surface area contributed by atoms with Crippen LogP contribution in [0.25, 0.3) is 0 Å². The molecule has 0 aliphatic carbocycles. The summed E-state index contributed by atoms with van der Waals surface area (Å²) in [7, 11) is 0. The first-order valence-electron chi connectivity index (χ1n) is 4.42. The third kappa shape index (κ3) is 7.44. The second kappa shape index (κ2) is 7.22. The fourth-order valence-corrected chi connectivity index (χ4v) is 2.39. The highest BCUT2D eigenvalue weighted by molar-refractivity contribution is 9.09. The van der Waals surface area contributed by atoms with E-state index in [2.05, 4.69) is 41.3 Å². The second-order valence-corrected chi connectivity index (χ2v) is 5.37. The molecule has 0 aromatic rings. The molecule has 0 aromatic heterocycles.